The molecule has 72 valence electrons. The van der Waals surface area contributed by atoms with E-state index in [1.807, 2.05) is 0 Å². The maximum atomic E-state index is 2.40. The van der Waals surface area contributed by atoms with Crippen molar-refractivity contribution in [3.63, 3.8) is 0 Å². The summed E-state index contributed by atoms with van der Waals surface area (Å²) in [6.07, 6.45) is 11.2. The minimum Gasteiger partial charge on any atom is -0.0911 e. The van der Waals surface area contributed by atoms with Crippen LogP contribution >= 0.6 is 0 Å². The second-order valence-corrected chi connectivity index (χ2v) is 4.68. The number of allylic oxidation sites excluding steroid dienone is 4. The Morgan fingerprint density at radius 3 is 2.54 bits per heavy atom. The summed E-state index contributed by atoms with van der Waals surface area (Å²) in [4.78, 5) is 0. The van der Waals surface area contributed by atoms with Crippen LogP contribution < -0.4 is 0 Å². The monoisotopic (exact) mass is 176 g/mol. The maximum absolute atomic E-state index is 2.40. The van der Waals surface area contributed by atoms with Crippen molar-refractivity contribution in [2.24, 2.45) is 17.3 Å². The van der Waals surface area contributed by atoms with Gasteiger partial charge < -0.3 is 0 Å². The summed E-state index contributed by atoms with van der Waals surface area (Å²) in [5.74, 6) is 1.72. The van der Waals surface area contributed by atoms with Crippen LogP contribution in [-0.2, 0) is 0 Å². The van der Waals surface area contributed by atoms with Crippen LogP contribution in [0.2, 0.25) is 0 Å². The highest BCUT2D eigenvalue weighted by Gasteiger charge is 2.57. The van der Waals surface area contributed by atoms with Gasteiger partial charge in [-0.3, -0.25) is 0 Å². The first-order valence-corrected chi connectivity index (χ1v) is 5.54. The molecule has 0 saturated heterocycles. The lowest BCUT2D eigenvalue weighted by molar-refractivity contribution is 0.568. The van der Waals surface area contributed by atoms with E-state index in [1.54, 1.807) is 5.57 Å². The van der Waals surface area contributed by atoms with Crippen molar-refractivity contribution in [3.05, 3.63) is 23.8 Å². The quantitative estimate of drug-likeness (QED) is 0.531. The minimum absolute atomic E-state index is 0.652. The highest BCUT2D eigenvalue weighted by molar-refractivity contribution is 5.33. The predicted octanol–water partition coefficient (Wildman–Crippen LogP) is 3.95. The summed E-state index contributed by atoms with van der Waals surface area (Å²) in [7, 11) is 0. The molecule has 2 saturated carbocycles. The van der Waals surface area contributed by atoms with Gasteiger partial charge in [0.15, 0.2) is 0 Å². The average Bonchev–Trinajstić information content (AvgIpc) is 2.59. The molecule has 0 radical (unpaired) electrons. The van der Waals surface area contributed by atoms with E-state index in [2.05, 4.69) is 39.0 Å². The highest BCUT2D eigenvalue weighted by Crippen LogP contribution is 2.67. The lowest BCUT2D eigenvalue weighted by Gasteiger charge is -2.13. The van der Waals surface area contributed by atoms with E-state index in [9.17, 15) is 0 Å². The van der Waals surface area contributed by atoms with E-state index in [4.69, 9.17) is 0 Å². The Labute approximate surface area is 81.7 Å². The van der Waals surface area contributed by atoms with Crippen molar-refractivity contribution in [1.29, 1.82) is 0 Å². The zero-order chi connectivity index (χ0) is 9.47. The Balaban J connectivity index is 2.21. The molecule has 0 heterocycles. The fraction of sp³-hybridized carbons (Fsp3) is 0.692. The Kier molecular flexibility index (Phi) is 2.09. The van der Waals surface area contributed by atoms with Gasteiger partial charge in [0.2, 0.25) is 0 Å². The van der Waals surface area contributed by atoms with Gasteiger partial charge in [0.05, 0.1) is 0 Å². The van der Waals surface area contributed by atoms with Crippen LogP contribution in [0.15, 0.2) is 23.8 Å². The molecule has 0 N–H and O–H groups in total. The maximum Gasteiger partial charge on any atom is -0.00175 e. The second kappa shape index (κ2) is 3.01. The second-order valence-electron chi connectivity index (χ2n) is 4.68. The van der Waals surface area contributed by atoms with E-state index < -0.39 is 0 Å². The Morgan fingerprint density at radius 1 is 1.38 bits per heavy atom. The Bertz CT molecular complexity index is 259. The van der Waals surface area contributed by atoms with Gasteiger partial charge in [-0.1, -0.05) is 30.7 Å². The van der Waals surface area contributed by atoms with Gasteiger partial charge in [0.1, 0.15) is 0 Å². The first-order valence-electron chi connectivity index (χ1n) is 5.54. The molecule has 0 heteroatoms. The molecule has 1 spiro atoms. The molecule has 0 nitrogen and oxygen atoms in total. The molecule has 2 rings (SSSR count). The molecule has 2 aliphatic rings. The molecule has 0 aromatic heterocycles. The highest BCUT2D eigenvalue weighted by atomic mass is 14.6. The molecule has 3 atom stereocenters. The third-order valence-electron chi connectivity index (χ3n) is 4.07. The molecule has 3 unspecified atom stereocenters. The molecule has 0 bridgehead atoms. The van der Waals surface area contributed by atoms with Gasteiger partial charge in [-0.2, -0.15) is 0 Å². The van der Waals surface area contributed by atoms with Gasteiger partial charge in [-0.05, 0) is 50.4 Å². The third kappa shape index (κ3) is 1.19. The van der Waals surface area contributed by atoms with Crippen LogP contribution in [-0.4, -0.2) is 0 Å². The molecule has 13 heavy (non-hydrogen) atoms. The van der Waals surface area contributed by atoms with E-state index in [0.29, 0.717) is 5.41 Å². The largest absolute Gasteiger partial charge is 0.0911 e. The normalized spacial score (nSPS) is 46.8. The molecular weight excluding hydrogens is 156 g/mol. The summed E-state index contributed by atoms with van der Waals surface area (Å²) in [6.45, 7) is 6.75. The first kappa shape index (κ1) is 9.05. The molecule has 0 aromatic carbocycles. The number of hydrogen-bond donors (Lipinski definition) is 0. The standard InChI is InChI=1S/C13H20/c1-4-6-11-7-8-13(9-10(13)3)12(11)5-2/h4-6,10-11H,7-9H2,1-3H3. The van der Waals surface area contributed by atoms with Gasteiger partial charge in [-0.25, -0.2) is 0 Å². The SMILES string of the molecule is CC=CC1CCC2(CC2C)C1=CC. The van der Waals surface area contributed by atoms with Crippen molar-refractivity contribution >= 4 is 0 Å². The third-order valence-corrected chi connectivity index (χ3v) is 4.07. The summed E-state index contributed by atoms with van der Waals surface area (Å²) < 4.78 is 0. The van der Waals surface area contributed by atoms with Crippen molar-refractivity contribution in [2.75, 3.05) is 0 Å². The summed E-state index contributed by atoms with van der Waals surface area (Å²) in [5.41, 5.74) is 2.39. The van der Waals surface area contributed by atoms with Crippen LogP contribution in [0.1, 0.15) is 40.0 Å². The van der Waals surface area contributed by atoms with Crippen LogP contribution in [0, 0.1) is 17.3 Å². The van der Waals surface area contributed by atoms with Crippen LogP contribution in [0.4, 0.5) is 0 Å². The topological polar surface area (TPSA) is 0 Å². The smallest absolute Gasteiger partial charge is 0.00175 e. The van der Waals surface area contributed by atoms with Crippen LogP contribution in [0.3, 0.4) is 0 Å². The predicted molar refractivity (Wildman–Crippen MR) is 57.5 cm³/mol. The molecule has 2 aliphatic carbocycles. The lowest BCUT2D eigenvalue weighted by atomic mass is 9.92. The van der Waals surface area contributed by atoms with Crippen LogP contribution in [0.25, 0.3) is 0 Å². The molecule has 2 fully saturated rings. The van der Waals surface area contributed by atoms with E-state index in [1.165, 1.54) is 19.3 Å². The van der Waals surface area contributed by atoms with E-state index >= 15 is 0 Å². The molecule has 0 amide bonds. The van der Waals surface area contributed by atoms with Gasteiger partial charge in [0.25, 0.3) is 0 Å². The summed E-state index contributed by atoms with van der Waals surface area (Å²) in [6, 6.07) is 0. The zero-order valence-corrected chi connectivity index (χ0v) is 9.01. The zero-order valence-electron chi connectivity index (χ0n) is 9.01. The van der Waals surface area contributed by atoms with Crippen molar-refractivity contribution in [3.8, 4) is 0 Å². The first-order chi connectivity index (χ1) is 6.24. The molecular formula is C13H20. The van der Waals surface area contributed by atoms with Crippen molar-refractivity contribution < 1.29 is 0 Å². The molecule has 0 aromatic rings. The summed E-state index contributed by atoms with van der Waals surface area (Å²) >= 11 is 0. The van der Waals surface area contributed by atoms with Gasteiger partial charge in [-0.15, -0.1) is 0 Å². The average molecular weight is 176 g/mol. The van der Waals surface area contributed by atoms with Gasteiger partial charge in [0, 0.05) is 0 Å². The minimum atomic E-state index is 0.652. The molecule has 0 aliphatic heterocycles. The van der Waals surface area contributed by atoms with Gasteiger partial charge >= 0.3 is 0 Å². The Morgan fingerprint density at radius 2 is 2.08 bits per heavy atom. The van der Waals surface area contributed by atoms with Crippen molar-refractivity contribution in [1.82, 2.24) is 0 Å². The fourth-order valence-corrected chi connectivity index (χ4v) is 3.25. The number of hydrogen-bond acceptors (Lipinski definition) is 0. The van der Waals surface area contributed by atoms with E-state index in [-0.39, 0.29) is 0 Å². The summed E-state index contributed by atoms with van der Waals surface area (Å²) in [5, 5.41) is 0. The van der Waals surface area contributed by atoms with E-state index in [0.717, 1.165) is 11.8 Å². The van der Waals surface area contributed by atoms with Crippen molar-refractivity contribution in [2.45, 2.75) is 40.0 Å². The Hall–Kier alpha value is -0.520. The van der Waals surface area contributed by atoms with Crippen LogP contribution in [0.5, 0.6) is 0 Å². The fourth-order valence-electron chi connectivity index (χ4n) is 3.25. The number of rotatable bonds is 1. The lowest BCUT2D eigenvalue weighted by Crippen LogP contribution is -2.02.